The van der Waals surface area contributed by atoms with E-state index in [1.807, 2.05) is 4.90 Å². The normalized spacial score (nSPS) is 27.9. The van der Waals surface area contributed by atoms with Gasteiger partial charge >= 0.3 is 5.97 Å². The summed E-state index contributed by atoms with van der Waals surface area (Å²) in [7, 11) is -3.82. The molecule has 7 nitrogen and oxygen atoms in total. The number of nitrogens with zero attached hydrogens (tertiary/aromatic N) is 1. The largest absolute Gasteiger partial charge is 0.508 e. The van der Waals surface area contributed by atoms with Crippen LogP contribution in [0.15, 0.2) is 24.3 Å². The van der Waals surface area contributed by atoms with Gasteiger partial charge in [0.1, 0.15) is 5.75 Å². The molecule has 0 amide bonds. The molecule has 24 heavy (non-hydrogen) atoms. The average molecular weight is 356 g/mol. The number of benzene rings is 1. The Bertz CT molecular complexity index is 639. The maximum Gasteiger partial charge on any atom is 0.320 e. The Morgan fingerprint density at radius 3 is 2.67 bits per heavy atom. The van der Waals surface area contributed by atoms with E-state index in [1.54, 1.807) is 24.3 Å². The van der Waals surface area contributed by atoms with Crippen molar-refractivity contribution in [3.8, 4) is 5.75 Å². The highest BCUT2D eigenvalue weighted by Crippen LogP contribution is 2.59. The number of aromatic hydroxyl groups is 1. The number of hydrogen-bond donors (Lipinski definition) is 4. The van der Waals surface area contributed by atoms with Crippen LogP contribution in [0.2, 0.25) is 0 Å². The topological polar surface area (TPSA) is 124 Å². The molecule has 1 aromatic carbocycles. The van der Waals surface area contributed by atoms with Crippen molar-refractivity contribution in [2.24, 2.45) is 5.73 Å². The molecule has 1 aliphatic rings. The van der Waals surface area contributed by atoms with E-state index in [0.29, 0.717) is 38.0 Å². The quantitative estimate of drug-likeness (QED) is 0.430. The molecule has 0 aliphatic carbocycles. The zero-order chi connectivity index (χ0) is 17.8. The molecule has 0 radical (unpaired) electrons. The zero-order valence-electron chi connectivity index (χ0n) is 13.6. The molecule has 134 valence electrons. The van der Waals surface area contributed by atoms with E-state index in [-0.39, 0.29) is 24.9 Å². The van der Waals surface area contributed by atoms with Crippen LogP contribution >= 0.6 is 7.37 Å². The molecule has 1 aromatic rings. The van der Waals surface area contributed by atoms with Gasteiger partial charge < -0.3 is 20.8 Å². The molecule has 5 N–H and O–H groups in total. The number of carboxylic acid groups (broad SMARTS) is 1. The lowest BCUT2D eigenvalue weighted by Gasteiger charge is -2.43. The van der Waals surface area contributed by atoms with Crippen molar-refractivity contribution in [2.75, 3.05) is 25.8 Å². The predicted molar refractivity (Wildman–Crippen MR) is 91.3 cm³/mol. The molecule has 0 saturated carbocycles. The number of rotatable bonds is 7. The standard InChI is InChI=1S/C16H25N2O5P/c17-8-4-3-7-16(15(20)21)12-18(9-10-24(16,22)23)11-13-5-1-2-6-14(13)19/h1-2,5-6,19H,3-4,7-12,17H2,(H,20,21)(H,22,23). The van der Waals surface area contributed by atoms with Gasteiger partial charge in [0.05, 0.1) is 0 Å². The summed E-state index contributed by atoms with van der Waals surface area (Å²) in [6.07, 6.45) is 1.19. The van der Waals surface area contributed by atoms with E-state index < -0.39 is 18.5 Å². The van der Waals surface area contributed by atoms with Gasteiger partial charge in [-0.25, -0.2) is 0 Å². The van der Waals surface area contributed by atoms with Crippen LogP contribution in [0, 0.1) is 0 Å². The molecule has 1 saturated heterocycles. The molecule has 0 bridgehead atoms. The smallest absolute Gasteiger partial charge is 0.320 e. The number of para-hydroxylation sites is 1. The average Bonchev–Trinajstić information content (AvgIpc) is 2.52. The van der Waals surface area contributed by atoms with Crippen LogP contribution in [0.1, 0.15) is 24.8 Å². The van der Waals surface area contributed by atoms with Crippen LogP contribution in [0.25, 0.3) is 0 Å². The summed E-state index contributed by atoms with van der Waals surface area (Å²) >= 11 is 0. The van der Waals surface area contributed by atoms with Gasteiger partial charge in [-0.05, 0) is 25.5 Å². The van der Waals surface area contributed by atoms with Gasteiger partial charge in [0.25, 0.3) is 0 Å². The van der Waals surface area contributed by atoms with E-state index >= 15 is 0 Å². The molecule has 1 heterocycles. The molecule has 2 rings (SSSR count). The Morgan fingerprint density at radius 1 is 1.33 bits per heavy atom. The third-order valence-electron chi connectivity index (χ3n) is 4.70. The minimum Gasteiger partial charge on any atom is -0.508 e. The predicted octanol–water partition coefficient (Wildman–Crippen LogP) is 1.43. The van der Waals surface area contributed by atoms with E-state index in [0.717, 1.165) is 0 Å². The van der Waals surface area contributed by atoms with Crippen LogP contribution in [0.5, 0.6) is 5.75 Å². The first kappa shape index (κ1) is 18.9. The lowest BCUT2D eigenvalue weighted by Crippen LogP contribution is -2.53. The summed E-state index contributed by atoms with van der Waals surface area (Å²) in [5.41, 5.74) is 6.13. The number of unbranched alkanes of at least 4 members (excludes halogenated alkanes) is 1. The second kappa shape index (κ2) is 7.66. The van der Waals surface area contributed by atoms with Gasteiger partial charge in [0, 0.05) is 31.4 Å². The lowest BCUT2D eigenvalue weighted by molar-refractivity contribution is -0.141. The summed E-state index contributed by atoms with van der Waals surface area (Å²) in [5, 5.41) is 18.0. The molecule has 1 fully saturated rings. The van der Waals surface area contributed by atoms with E-state index in [4.69, 9.17) is 5.73 Å². The Labute approximate surface area is 141 Å². The molecule has 2 unspecified atom stereocenters. The molecular formula is C16H25N2O5P. The fourth-order valence-electron chi connectivity index (χ4n) is 3.21. The van der Waals surface area contributed by atoms with Crippen LogP contribution < -0.4 is 5.73 Å². The third kappa shape index (κ3) is 3.81. The summed E-state index contributed by atoms with van der Waals surface area (Å²) in [4.78, 5) is 24.1. The Morgan fingerprint density at radius 2 is 2.04 bits per heavy atom. The maximum absolute atomic E-state index is 12.7. The highest BCUT2D eigenvalue weighted by molar-refractivity contribution is 7.61. The number of aliphatic carboxylic acids is 1. The van der Waals surface area contributed by atoms with Crippen LogP contribution in [-0.2, 0) is 15.9 Å². The molecule has 0 aromatic heterocycles. The maximum atomic E-state index is 12.7. The molecule has 8 heteroatoms. The van der Waals surface area contributed by atoms with Crippen molar-refractivity contribution in [1.29, 1.82) is 0 Å². The van der Waals surface area contributed by atoms with Gasteiger partial charge in [-0.15, -0.1) is 0 Å². The van der Waals surface area contributed by atoms with Gasteiger partial charge in [-0.2, -0.15) is 0 Å². The highest BCUT2D eigenvalue weighted by Gasteiger charge is 2.56. The van der Waals surface area contributed by atoms with Gasteiger partial charge in [-0.3, -0.25) is 14.3 Å². The summed E-state index contributed by atoms with van der Waals surface area (Å²) in [6, 6.07) is 6.84. The van der Waals surface area contributed by atoms with Gasteiger partial charge in [0.2, 0.25) is 7.37 Å². The molecular weight excluding hydrogens is 331 g/mol. The van der Waals surface area contributed by atoms with Crippen LogP contribution in [-0.4, -0.2) is 56.9 Å². The number of hydrogen-bond acceptors (Lipinski definition) is 5. The fourth-order valence-corrected chi connectivity index (χ4v) is 5.42. The van der Waals surface area contributed by atoms with Crippen LogP contribution in [0.3, 0.4) is 0 Å². The SMILES string of the molecule is NCCCCC1(C(=O)O)CN(Cc2ccccc2O)CCP1(=O)O. The number of carboxylic acids is 1. The van der Waals surface area contributed by atoms with E-state index in [9.17, 15) is 24.5 Å². The molecule has 2 atom stereocenters. The highest BCUT2D eigenvalue weighted by atomic mass is 31.2. The molecule has 1 aliphatic heterocycles. The number of phenols is 1. The van der Waals surface area contributed by atoms with Gasteiger partial charge in [0.15, 0.2) is 5.16 Å². The Balaban J connectivity index is 2.22. The third-order valence-corrected chi connectivity index (χ3v) is 7.40. The van der Waals surface area contributed by atoms with E-state index in [1.165, 1.54) is 0 Å². The van der Waals surface area contributed by atoms with E-state index in [2.05, 4.69) is 0 Å². The second-order valence-electron chi connectivity index (χ2n) is 6.35. The van der Waals surface area contributed by atoms with Crippen LogP contribution in [0.4, 0.5) is 0 Å². The minimum atomic E-state index is -3.82. The van der Waals surface area contributed by atoms with Crippen molar-refractivity contribution >= 4 is 13.3 Å². The zero-order valence-corrected chi connectivity index (χ0v) is 14.5. The first-order valence-corrected chi connectivity index (χ1v) is 9.91. The summed E-state index contributed by atoms with van der Waals surface area (Å²) < 4.78 is 12.7. The number of nitrogens with two attached hydrogens (primary N) is 1. The monoisotopic (exact) mass is 356 g/mol. The van der Waals surface area contributed by atoms with Gasteiger partial charge in [-0.1, -0.05) is 24.6 Å². The number of phenolic OH excluding ortho intramolecular Hbond substituents is 1. The van der Waals surface area contributed by atoms with Crippen molar-refractivity contribution in [2.45, 2.75) is 31.0 Å². The Kier molecular flexibility index (Phi) is 6.04. The summed E-state index contributed by atoms with van der Waals surface area (Å²) in [6.45, 7) is 1.09. The van der Waals surface area contributed by atoms with Crippen molar-refractivity contribution < 1.29 is 24.5 Å². The number of carbonyl (C=O) groups is 1. The second-order valence-corrected chi connectivity index (χ2v) is 9.05. The minimum absolute atomic E-state index is 0.00494. The first-order chi connectivity index (χ1) is 11.3. The summed E-state index contributed by atoms with van der Waals surface area (Å²) in [5.74, 6) is -1.09. The van der Waals surface area contributed by atoms with Crippen molar-refractivity contribution in [3.63, 3.8) is 0 Å². The first-order valence-electron chi connectivity index (χ1n) is 8.07. The lowest BCUT2D eigenvalue weighted by atomic mass is 9.99. The van der Waals surface area contributed by atoms with Crippen molar-refractivity contribution in [1.82, 2.24) is 4.90 Å². The fraction of sp³-hybridized carbons (Fsp3) is 0.562. The van der Waals surface area contributed by atoms with Crippen molar-refractivity contribution in [3.05, 3.63) is 29.8 Å². The molecule has 0 spiro atoms. The Hall–Kier alpha value is -1.40.